The zero-order chi connectivity index (χ0) is 22.7. The number of para-hydroxylation sites is 1. The van der Waals surface area contributed by atoms with E-state index in [4.69, 9.17) is 32.7 Å². The number of nitrogens with one attached hydrogen (secondary N) is 1. The minimum Gasteiger partial charge on any atom is -0.493 e. The molecule has 1 aliphatic carbocycles. The van der Waals surface area contributed by atoms with Crippen molar-refractivity contribution in [3.05, 3.63) is 93.0 Å². The SMILES string of the molecule is COc1cc(/C=C2/Cc3c(Cl)cccc3C2=O)ccc1OCC(=O)Nc1ccccc1Cl. The molecule has 0 fully saturated rings. The summed E-state index contributed by atoms with van der Waals surface area (Å²) < 4.78 is 11.0. The molecule has 32 heavy (non-hydrogen) atoms. The van der Waals surface area contributed by atoms with Gasteiger partial charge in [-0.15, -0.1) is 0 Å². The maximum atomic E-state index is 12.7. The summed E-state index contributed by atoms with van der Waals surface area (Å²) >= 11 is 12.3. The van der Waals surface area contributed by atoms with E-state index in [9.17, 15) is 9.59 Å². The van der Waals surface area contributed by atoms with Crippen molar-refractivity contribution in [3.63, 3.8) is 0 Å². The number of carbonyl (C=O) groups is 2. The van der Waals surface area contributed by atoms with E-state index in [1.54, 1.807) is 60.7 Å². The van der Waals surface area contributed by atoms with Gasteiger partial charge in [-0.05, 0) is 47.5 Å². The third-order valence-corrected chi connectivity index (χ3v) is 5.74. The molecule has 0 unspecified atom stereocenters. The van der Waals surface area contributed by atoms with Gasteiger partial charge in [0.25, 0.3) is 5.91 Å². The molecule has 1 N–H and O–H groups in total. The zero-order valence-electron chi connectivity index (χ0n) is 17.2. The molecule has 0 spiro atoms. The standard InChI is InChI=1S/C25H19Cl2NO4/c1-31-23-12-15(11-16-13-18-17(25(16)30)5-4-7-19(18)26)9-10-22(23)32-14-24(29)28-21-8-3-2-6-20(21)27/h2-12H,13-14H2,1H3,(H,28,29)/b16-11-. The Bertz CT molecular complexity index is 1240. The Morgan fingerprint density at radius 2 is 1.81 bits per heavy atom. The molecule has 7 heteroatoms. The Labute approximate surface area is 195 Å². The molecular formula is C25H19Cl2NO4. The van der Waals surface area contributed by atoms with Crippen LogP contribution in [0.15, 0.2) is 66.2 Å². The fraction of sp³-hybridized carbons (Fsp3) is 0.120. The Morgan fingerprint density at radius 3 is 2.56 bits per heavy atom. The van der Waals surface area contributed by atoms with E-state index in [1.807, 2.05) is 6.08 Å². The van der Waals surface area contributed by atoms with Crippen LogP contribution in [0.1, 0.15) is 21.5 Å². The minimum absolute atomic E-state index is 0.0296. The largest absolute Gasteiger partial charge is 0.493 e. The molecular weight excluding hydrogens is 449 g/mol. The van der Waals surface area contributed by atoms with Gasteiger partial charge in [0.05, 0.1) is 17.8 Å². The predicted octanol–water partition coefficient (Wildman–Crippen LogP) is 5.84. The monoisotopic (exact) mass is 467 g/mol. The van der Waals surface area contributed by atoms with E-state index in [1.165, 1.54) is 7.11 Å². The molecule has 1 aliphatic rings. The van der Waals surface area contributed by atoms with Gasteiger partial charge in [-0.3, -0.25) is 9.59 Å². The number of carbonyl (C=O) groups excluding carboxylic acids is 2. The van der Waals surface area contributed by atoms with Crippen LogP contribution in [-0.4, -0.2) is 25.4 Å². The lowest BCUT2D eigenvalue weighted by molar-refractivity contribution is -0.118. The van der Waals surface area contributed by atoms with E-state index in [2.05, 4.69) is 5.32 Å². The van der Waals surface area contributed by atoms with Crippen LogP contribution < -0.4 is 14.8 Å². The molecule has 3 aromatic rings. The Hall–Kier alpha value is -3.28. The second-order valence-corrected chi connectivity index (χ2v) is 7.98. The Morgan fingerprint density at radius 1 is 1.03 bits per heavy atom. The number of amides is 1. The summed E-state index contributed by atoms with van der Waals surface area (Å²) in [6, 6.07) is 17.6. The summed E-state index contributed by atoms with van der Waals surface area (Å²) in [7, 11) is 1.51. The molecule has 0 saturated heterocycles. The highest BCUT2D eigenvalue weighted by Crippen LogP contribution is 2.34. The van der Waals surface area contributed by atoms with Crippen LogP contribution in [0.3, 0.4) is 0 Å². The lowest BCUT2D eigenvalue weighted by Gasteiger charge is -2.12. The number of fused-ring (bicyclic) bond motifs is 1. The highest BCUT2D eigenvalue weighted by atomic mass is 35.5. The van der Waals surface area contributed by atoms with Gasteiger partial charge in [-0.2, -0.15) is 0 Å². The molecule has 0 atom stereocenters. The van der Waals surface area contributed by atoms with E-state index >= 15 is 0 Å². The van der Waals surface area contributed by atoms with E-state index in [0.29, 0.717) is 44.8 Å². The summed E-state index contributed by atoms with van der Waals surface area (Å²) in [5, 5.41) is 3.74. The summed E-state index contributed by atoms with van der Waals surface area (Å²) in [5.74, 6) is 0.481. The molecule has 162 valence electrons. The molecule has 0 aromatic heterocycles. The van der Waals surface area contributed by atoms with Crippen LogP contribution in [0.5, 0.6) is 11.5 Å². The molecule has 4 rings (SSSR count). The van der Waals surface area contributed by atoms with Crippen molar-refractivity contribution >= 4 is 46.7 Å². The first kappa shape index (κ1) is 21.9. The number of hydrogen-bond acceptors (Lipinski definition) is 4. The van der Waals surface area contributed by atoms with Crippen molar-refractivity contribution in [2.45, 2.75) is 6.42 Å². The predicted molar refractivity (Wildman–Crippen MR) is 126 cm³/mol. The van der Waals surface area contributed by atoms with Crippen molar-refractivity contribution in [2.24, 2.45) is 0 Å². The maximum absolute atomic E-state index is 12.7. The van der Waals surface area contributed by atoms with Crippen molar-refractivity contribution in [2.75, 3.05) is 19.0 Å². The third kappa shape index (κ3) is 4.64. The minimum atomic E-state index is -0.349. The van der Waals surface area contributed by atoms with Gasteiger partial charge in [-0.25, -0.2) is 0 Å². The number of ether oxygens (including phenoxy) is 2. The van der Waals surface area contributed by atoms with Crippen LogP contribution >= 0.6 is 23.2 Å². The molecule has 0 heterocycles. The number of ketones is 1. The van der Waals surface area contributed by atoms with Gasteiger partial charge in [0.2, 0.25) is 0 Å². The summed E-state index contributed by atoms with van der Waals surface area (Å²) in [6.45, 7) is -0.214. The highest BCUT2D eigenvalue weighted by molar-refractivity contribution is 6.34. The fourth-order valence-electron chi connectivity index (χ4n) is 3.50. The second-order valence-electron chi connectivity index (χ2n) is 7.17. The molecule has 3 aromatic carbocycles. The van der Waals surface area contributed by atoms with Gasteiger partial charge in [0.1, 0.15) is 0 Å². The first-order valence-corrected chi connectivity index (χ1v) is 10.6. The van der Waals surface area contributed by atoms with Gasteiger partial charge in [0.15, 0.2) is 23.9 Å². The van der Waals surface area contributed by atoms with Crippen LogP contribution in [0, 0.1) is 0 Å². The molecule has 0 bridgehead atoms. The van der Waals surface area contributed by atoms with Gasteiger partial charge < -0.3 is 14.8 Å². The third-order valence-electron chi connectivity index (χ3n) is 5.06. The van der Waals surface area contributed by atoms with Gasteiger partial charge >= 0.3 is 0 Å². The number of Topliss-reactive ketones (excluding diaryl/α,β-unsaturated/α-hetero) is 1. The lowest BCUT2D eigenvalue weighted by atomic mass is 10.1. The smallest absolute Gasteiger partial charge is 0.262 e. The Balaban J connectivity index is 1.46. The van der Waals surface area contributed by atoms with Crippen molar-refractivity contribution in [1.29, 1.82) is 0 Å². The van der Waals surface area contributed by atoms with Crippen LogP contribution in [0.25, 0.3) is 6.08 Å². The number of methoxy groups -OCH3 is 1. The summed E-state index contributed by atoms with van der Waals surface area (Å²) in [4.78, 5) is 24.9. The van der Waals surface area contributed by atoms with E-state index in [0.717, 1.165) is 11.1 Å². The van der Waals surface area contributed by atoms with Crippen LogP contribution in [0.4, 0.5) is 5.69 Å². The van der Waals surface area contributed by atoms with Crippen molar-refractivity contribution < 1.29 is 19.1 Å². The lowest BCUT2D eigenvalue weighted by Crippen LogP contribution is -2.20. The molecule has 0 aliphatic heterocycles. The van der Waals surface area contributed by atoms with Crippen molar-refractivity contribution in [3.8, 4) is 11.5 Å². The molecule has 1 amide bonds. The number of rotatable bonds is 6. The van der Waals surface area contributed by atoms with E-state index in [-0.39, 0.29) is 18.3 Å². The number of halogens is 2. The van der Waals surface area contributed by atoms with Crippen LogP contribution in [-0.2, 0) is 11.2 Å². The number of hydrogen-bond donors (Lipinski definition) is 1. The topological polar surface area (TPSA) is 64.6 Å². The highest BCUT2D eigenvalue weighted by Gasteiger charge is 2.26. The first-order chi connectivity index (χ1) is 15.5. The quantitative estimate of drug-likeness (QED) is 0.462. The normalized spacial score (nSPS) is 13.7. The zero-order valence-corrected chi connectivity index (χ0v) is 18.7. The number of benzene rings is 3. The van der Waals surface area contributed by atoms with Gasteiger partial charge in [0, 0.05) is 22.6 Å². The van der Waals surface area contributed by atoms with E-state index < -0.39 is 0 Å². The maximum Gasteiger partial charge on any atom is 0.262 e. The molecule has 5 nitrogen and oxygen atoms in total. The first-order valence-electron chi connectivity index (χ1n) is 9.84. The average Bonchev–Trinajstić information content (AvgIpc) is 3.11. The molecule has 0 saturated carbocycles. The number of allylic oxidation sites excluding steroid dienone is 1. The summed E-state index contributed by atoms with van der Waals surface area (Å²) in [5.41, 5.74) is 3.44. The van der Waals surface area contributed by atoms with Crippen LogP contribution in [0.2, 0.25) is 10.0 Å². The molecule has 0 radical (unpaired) electrons. The van der Waals surface area contributed by atoms with Crippen molar-refractivity contribution in [1.82, 2.24) is 0 Å². The van der Waals surface area contributed by atoms with Gasteiger partial charge in [-0.1, -0.05) is 53.5 Å². The average molecular weight is 468 g/mol. The summed E-state index contributed by atoms with van der Waals surface area (Å²) in [6.07, 6.45) is 2.30. The number of anilines is 1. The second kappa shape index (κ2) is 9.47. The Kier molecular flexibility index (Phi) is 6.49. The fourth-order valence-corrected chi connectivity index (χ4v) is 3.92.